The van der Waals surface area contributed by atoms with Gasteiger partial charge in [0.25, 0.3) is 0 Å². The van der Waals surface area contributed by atoms with Crippen molar-refractivity contribution in [3.63, 3.8) is 0 Å². The number of pyridine rings is 1. The molecule has 0 amide bonds. The van der Waals surface area contributed by atoms with Gasteiger partial charge in [0.1, 0.15) is 17.3 Å². The minimum atomic E-state index is 0.0409. The second kappa shape index (κ2) is 5.40. The molecule has 0 radical (unpaired) electrons. The third kappa shape index (κ3) is 2.50. The van der Waals surface area contributed by atoms with Gasteiger partial charge in [0.2, 0.25) is 0 Å². The molecule has 2 aliphatic heterocycles. The Kier molecular flexibility index (Phi) is 3.61. The Labute approximate surface area is 120 Å². The van der Waals surface area contributed by atoms with Crippen LogP contribution in [0.3, 0.4) is 0 Å². The number of piperidine rings is 2. The molecule has 0 aromatic carbocycles. The van der Waals surface area contributed by atoms with Crippen LogP contribution in [0, 0.1) is 11.3 Å². The highest BCUT2D eigenvalue weighted by atomic mass is 15.2. The number of hydrogen-bond donors (Lipinski definition) is 2. The molecule has 3 rings (SSSR count). The molecule has 2 aliphatic rings. The smallest absolute Gasteiger partial charge is 0.141 e. The molecule has 108 valence electrons. The summed E-state index contributed by atoms with van der Waals surface area (Å²) in [6, 6.07) is 6.50. The number of aromatic nitrogens is 1. The molecule has 0 saturated carbocycles. The molecule has 2 unspecified atom stereocenters. The zero-order chi connectivity index (χ0) is 14.1. The van der Waals surface area contributed by atoms with Crippen LogP contribution in [0.5, 0.6) is 0 Å². The minimum Gasteiger partial charge on any atom is -0.382 e. The van der Waals surface area contributed by atoms with Crippen molar-refractivity contribution in [2.75, 3.05) is 31.6 Å². The van der Waals surface area contributed by atoms with Crippen LogP contribution >= 0.6 is 0 Å². The van der Waals surface area contributed by atoms with E-state index in [2.05, 4.69) is 21.8 Å². The van der Waals surface area contributed by atoms with E-state index in [9.17, 15) is 0 Å². The number of rotatable bonds is 2. The Morgan fingerprint density at radius 1 is 1.35 bits per heavy atom. The first-order chi connectivity index (χ1) is 9.65. The Balaban J connectivity index is 1.76. The molecule has 3 N–H and O–H groups in total. The lowest BCUT2D eigenvalue weighted by Gasteiger charge is -2.46. The molecule has 5 heteroatoms. The summed E-state index contributed by atoms with van der Waals surface area (Å²) in [5, 5.41) is 7.51. The average Bonchev–Trinajstić information content (AvgIpc) is 2.47. The van der Waals surface area contributed by atoms with E-state index in [-0.39, 0.29) is 5.84 Å². The third-order valence-electron chi connectivity index (χ3n) is 4.68. The van der Waals surface area contributed by atoms with Crippen LogP contribution in [0.1, 0.15) is 25.0 Å². The van der Waals surface area contributed by atoms with Crippen molar-refractivity contribution in [2.45, 2.75) is 25.3 Å². The highest BCUT2D eigenvalue weighted by Gasteiger charge is 2.34. The van der Waals surface area contributed by atoms with E-state index in [0.717, 1.165) is 30.9 Å². The largest absolute Gasteiger partial charge is 0.382 e. The first kappa shape index (κ1) is 13.4. The lowest BCUT2D eigenvalue weighted by atomic mass is 9.84. The standard InChI is InChI=1S/C15H23N5/c1-19-8-3-4-11-10-20(9-7-13(11)19)14-6-2-5-12(18-14)15(16)17/h2,5-6,11,13H,3-4,7-10H2,1H3,(H3,16,17). The van der Waals surface area contributed by atoms with Crippen LogP contribution in [-0.4, -0.2) is 48.4 Å². The Morgan fingerprint density at radius 3 is 3.00 bits per heavy atom. The van der Waals surface area contributed by atoms with Crippen LogP contribution in [0.4, 0.5) is 5.82 Å². The van der Waals surface area contributed by atoms with Crippen molar-refractivity contribution in [1.82, 2.24) is 9.88 Å². The molecule has 3 heterocycles. The summed E-state index contributed by atoms with van der Waals surface area (Å²) < 4.78 is 0. The van der Waals surface area contributed by atoms with E-state index >= 15 is 0 Å². The maximum absolute atomic E-state index is 7.51. The average molecular weight is 273 g/mol. The maximum Gasteiger partial charge on any atom is 0.141 e. The number of likely N-dealkylation sites (tertiary alicyclic amines) is 1. The summed E-state index contributed by atoms with van der Waals surface area (Å²) in [7, 11) is 2.25. The summed E-state index contributed by atoms with van der Waals surface area (Å²) in [4.78, 5) is 9.39. The quantitative estimate of drug-likeness (QED) is 0.629. The molecular weight excluding hydrogens is 250 g/mol. The van der Waals surface area contributed by atoms with Crippen LogP contribution in [0.15, 0.2) is 18.2 Å². The monoisotopic (exact) mass is 273 g/mol. The van der Waals surface area contributed by atoms with Crippen LogP contribution in [-0.2, 0) is 0 Å². The van der Waals surface area contributed by atoms with E-state index in [4.69, 9.17) is 11.1 Å². The second-order valence-electron chi connectivity index (χ2n) is 5.98. The van der Waals surface area contributed by atoms with E-state index in [1.807, 2.05) is 12.1 Å². The van der Waals surface area contributed by atoms with Crippen molar-refractivity contribution in [3.8, 4) is 0 Å². The molecule has 0 spiro atoms. The van der Waals surface area contributed by atoms with Gasteiger partial charge in [-0.25, -0.2) is 4.98 Å². The molecule has 0 aliphatic carbocycles. The summed E-state index contributed by atoms with van der Waals surface area (Å²) >= 11 is 0. The van der Waals surface area contributed by atoms with Gasteiger partial charge in [0.15, 0.2) is 0 Å². The number of anilines is 1. The maximum atomic E-state index is 7.51. The Bertz CT molecular complexity index is 501. The fourth-order valence-corrected chi connectivity index (χ4v) is 3.61. The first-order valence-electron chi connectivity index (χ1n) is 7.42. The Morgan fingerprint density at radius 2 is 2.20 bits per heavy atom. The fourth-order valence-electron chi connectivity index (χ4n) is 3.61. The van der Waals surface area contributed by atoms with Gasteiger partial charge in [0.05, 0.1) is 0 Å². The highest BCUT2D eigenvalue weighted by Crippen LogP contribution is 2.31. The number of nitrogens with one attached hydrogen (secondary N) is 1. The van der Waals surface area contributed by atoms with Crippen molar-refractivity contribution in [3.05, 3.63) is 23.9 Å². The van der Waals surface area contributed by atoms with Gasteiger partial charge in [-0.3, -0.25) is 5.41 Å². The normalized spacial score (nSPS) is 27.1. The fraction of sp³-hybridized carbons (Fsp3) is 0.600. The van der Waals surface area contributed by atoms with E-state index in [0.29, 0.717) is 5.69 Å². The minimum absolute atomic E-state index is 0.0409. The molecule has 5 nitrogen and oxygen atoms in total. The molecule has 2 atom stereocenters. The predicted octanol–water partition coefficient (Wildman–Crippen LogP) is 1.29. The third-order valence-corrected chi connectivity index (χ3v) is 4.68. The van der Waals surface area contributed by atoms with Crippen LogP contribution < -0.4 is 10.6 Å². The van der Waals surface area contributed by atoms with Gasteiger partial charge in [-0.1, -0.05) is 6.07 Å². The molecule has 1 aromatic heterocycles. The van der Waals surface area contributed by atoms with Crippen molar-refractivity contribution >= 4 is 11.7 Å². The molecule has 2 saturated heterocycles. The van der Waals surface area contributed by atoms with Gasteiger partial charge in [0, 0.05) is 19.1 Å². The molecule has 1 aromatic rings. The van der Waals surface area contributed by atoms with Crippen molar-refractivity contribution in [2.24, 2.45) is 11.7 Å². The van der Waals surface area contributed by atoms with Crippen molar-refractivity contribution in [1.29, 1.82) is 5.41 Å². The second-order valence-corrected chi connectivity index (χ2v) is 5.98. The zero-order valence-electron chi connectivity index (χ0n) is 12.0. The number of nitrogen functional groups attached to an aromatic ring is 1. The first-order valence-corrected chi connectivity index (χ1v) is 7.42. The summed E-state index contributed by atoms with van der Waals surface area (Å²) in [5.74, 6) is 1.74. The zero-order valence-corrected chi connectivity index (χ0v) is 12.0. The lowest BCUT2D eigenvalue weighted by molar-refractivity contribution is 0.102. The lowest BCUT2D eigenvalue weighted by Crippen LogP contribution is -2.52. The van der Waals surface area contributed by atoms with Gasteiger partial charge in [-0.05, 0) is 50.9 Å². The van der Waals surface area contributed by atoms with E-state index < -0.39 is 0 Å². The van der Waals surface area contributed by atoms with E-state index in [1.54, 1.807) is 6.07 Å². The molecule has 2 fully saturated rings. The molecular formula is C15H23N5. The Hall–Kier alpha value is -1.62. The molecule has 20 heavy (non-hydrogen) atoms. The summed E-state index contributed by atoms with van der Waals surface area (Å²) in [6.07, 6.45) is 3.82. The van der Waals surface area contributed by atoms with Gasteiger partial charge in [-0.15, -0.1) is 0 Å². The summed E-state index contributed by atoms with van der Waals surface area (Å²) in [6.45, 7) is 3.35. The number of nitrogens with zero attached hydrogens (tertiary/aromatic N) is 3. The number of hydrogen-bond acceptors (Lipinski definition) is 4. The van der Waals surface area contributed by atoms with Crippen LogP contribution in [0.25, 0.3) is 0 Å². The summed E-state index contributed by atoms with van der Waals surface area (Å²) in [5.41, 5.74) is 6.11. The van der Waals surface area contributed by atoms with Crippen LogP contribution in [0.2, 0.25) is 0 Å². The van der Waals surface area contributed by atoms with Gasteiger partial charge < -0.3 is 15.5 Å². The van der Waals surface area contributed by atoms with Gasteiger partial charge in [-0.2, -0.15) is 0 Å². The molecule has 0 bridgehead atoms. The van der Waals surface area contributed by atoms with Gasteiger partial charge >= 0.3 is 0 Å². The number of nitrogens with two attached hydrogens (primary N) is 1. The van der Waals surface area contributed by atoms with Crippen molar-refractivity contribution < 1.29 is 0 Å². The SMILES string of the molecule is CN1CCCC2CN(c3cccc(C(=N)N)n3)CCC21. The van der Waals surface area contributed by atoms with E-state index in [1.165, 1.54) is 25.8 Å². The topological polar surface area (TPSA) is 69.2 Å². The number of amidine groups is 1. The predicted molar refractivity (Wildman–Crippen MR) is 81.2 cm³/mol. The number of fused-ring (bicyclic) bond motifs is 1. The highest BCUT2D eigenvalue weighted by molar-refractivity contribution is 5.93.